The number of carbonyl (C=O) groups is 1. The van der Waals surface area contributed by atoms with E-state index in [-0.39, 0.29) is 5.91 Å². The summed E-state index contributed by atoms with van der Waals surface area (Å²) in [6.45, 7) is 8.06. The van der Waals surface area contributed by atoms with Crippen LogP contribution < -0.4 is 5.32 Å². The van der Waals surface area contributed by atoms with Crippen molar-refractivity contribution in [3.05, 3.63) is 46.0 Å². The number of halogens is 1. The first-order chi connectivity index (χ1) is 7.00. The Labute approximate surface area is 98.5 Å². The van der Waals surface area contributed by atoms with Gasteiger partial charge in [-0.3, -0.25) is 4.79 Å². The molecular weight excluding hydrogens is 254 g/mol. The Morgan fingerprint density at radius 1 is 1.53 bits per heavy atom. The first kappa shape index (κ1) is 12.0. The summed E-state index contributed by atoms with van der Waals surface area (Å²) < 4.78 is 0.983. The summed E-state index contributed by atoms with van der Waals surface area (Å²) in [5.74, 6) is -0.0528. The average molecular weight is 268 g/mol. The highest BCUT2D eigenvalue weighted by atomic mass is 79.9. The van der Waals surface area contributed by atoms with E-state index in [1.54, 1.807) is 0 Å². The largest absolute Gasteiger partial charge is 0.348 e. The van der Waals surface area contributed by atoms with Gasteiger partial charge in [-0.25, -0.2) is 0 Å². The number of nitrogens with one attached hydrogen (secondary N) is 1. The van der Waals surface area contributed by atoms with E-state index < -0.39 is 0 Å². The van der Waals surface area contributed by atoms with Gasteiger partial charge in [-0.2, -0.15) is 0 Å². The molecule has 1 aromatic carbocycles. The van der Waals surface area contributed by atoms with Gasteiger partial charge in [-0.05, 0) is 37.6 Å². The first-order valence-electron chi connectivity index (χ1n) is 4.69. The van der Waals surface area contributed by atoms with Gasteiger partial charge in [0.05, 0.1) is 0 Å². The zero-order valence-corrected chi connectivity index (χ0v) is 10.5. The fraction of sp³-hybridized carbons (Fsp3) is 0.250. The molecule has 0 fully saturated rings. The second kappa shape index (κ2) is 5.12. The van der Waals surface area contributed by atoms with Crippen LogP contribution in [0.2, 0.25) is 0 Å². The van der Waals surface area contributed by atoms with E-state index in [1.165, 1.54) is 0 Å². The third kappa shape index (κ3) is 3.51. The van der Waals surface area contributed by atoms with Crippen LogP contribution >= 0.6 is 15.9 Å². The van der Waals surface area contributed by atoms with Gasteiger partial charge < -0.3 is 5.32 Å². The summed E-state index contributed by atoms with van der Waals surface area (Å²) in [6.07, 6.45) is 0. The molecule has 0 saturated carbocycles. The van der Waals surface area contributed by atoms with E-state index >= 15 is 0 Å². The lowest BCUT2D eigenvalue weighted by atomic mass is 10.1. The lowest BCUT2D eigenvalue weighted by Gasteiger charge is -2.07. The zero-order chi connectivity index (χ0) is 11.4. The molecule has 0 saturated heterocycles. The molecule has 0 atom stereocenters. The van der Waals surface area contributed by atoms with E-state index in [0.717, 1.165) is 15.6 Å². The molecule has 0 unspecified atom stereocenters. The molecule has 0 aliphatic heterocycles. The van der Waals surface area contributed by atoms with Gasteiger partial charge in [0.15, 0.2) is 0 Å². The van der Waals surface area contributed by atoms with Crippen molar-refractivity contribution in [3.8, 4) is 0 Å². The van der Waals surface area contributed by atoms with Gasteiger partial charge >= 0.3 is 0 Å². The lowest BCUT2D eigenvalue weighted by Crippen LogP contribution is -2.25. The van der Waals surface area contributed by atoms with Crippen LogP contribution in [0.25, 0.3) is 0 Å². The quantitative estimate of drug-likeness (QED) is 0.839. The standard InChI is InChI=1S/C12H14BrNO/c1-8(2)7-14-12(15)11-5-4-10(13)6-9(11)3/h4-6H,1,7H2,2-3H3,(H,14,15). The molecule has 0 spiro atoms. The van der Waals surface area contributed by atoms with Crippen molar-refractivity contribution >= 4 is 21.8 Å². The van der Waals surface area contributed by atoms with Gasteiger partial charge in [0.25, 0.3) is 5.91 Å². The van der Waals surface area contributed by atoms with E-state index in [0.29, 0.717) is 12.1 Å². The van der Waals surface area contributed by atoms with Crippen molar-refractivity contribution in [1.29, 1.82) is 0 Å². The van der Waals surface area contributed by atoms with Crippen LogP contribution in [0.4, 0.5) is 0 Å². The Balaban J connectivity index is 2.78. The van der Waals surface area contributed by atoms with Crippen LogP contribution in [-0.4, -0.2) is 12.5 Å². The smallest absolute Gasteiger partial charge is 0.251 e. The molecule has 1 aromatic rings. The van der Waals surface area contributed by atoms with Crippen LogP contribution in [0, 0.1) is 6.92 Å². The lowest BCUT2D eigenvalue weighted by molar-refractivity contribution is 0.0956. The van der Waals surface area contributed by atoms with Gasteiger partial charge in [0.1, 0.15) is 0 Å². The minimum absolute atomic E-state index is 0.0528. The van der Waals surface area contributed by atoms with E-state index in [1.807, 2.05) is 32.0 Å². The second-order valence-electron chi connectivity index (χ2n) is 3.60. The van der Waals surface area contributed by atoms with Crippen LogP contribution in [0.15, 0.2) is 34.8 Å². The molecular formula is C12H14BrNO. The molecule has 0 heterocycles. The Kier molecular flexibility index (Phi) is 4.09. The molecule has 0 aliphatic carbocycles. The highest BCUT2D eigenvalue weighted by molar-refractivity contribution is 9.10. The van der Waals surface area contributed by atoms with E-state index in [4.69, 9.17) is 0 Å². The number of carbonyl (C=O) groups excluding carboxylic acids is 1. The average Bonchev–Trinajstić information content (AvgIpc) is 2.14. The summed E-state index contributed by atoms with van der Waals surface area (Å²) in [7, 11) is 0. The summed E-state index contributed by atoms with van der Waals surface area (Å²) in [6, 6.07) is 5.60. The van der Waals surface area contributed by atoms with Crippen molar-refractivity contribution in [2.45, 2.75) is 13.8 Å². The van der Waals surface area contributed by atoms with Crippen LogP contribution in [0.5, 0.6) is 0 Å². The molecule has 1 rings (SSSR count). The van der Waals surface area contributed by atoms with Crippen molar-refractivity contribution in [2.75, 3.05) is 6.54 Å². The maximum absolute atomic E-state index is 11.7. The Bertz CT molecular complexity index is 399. The number of hydrogen-bond acceptors (Lipinski definition) is 1. The molecule has 15 heavy (non-hydrogen) atoms. The van der Waals surface area contributed by atoms with Crippen LogP contribution in [0.3, 0.4) is 0 Å². The van der Waals surface area contributed by atoms with Crippen molar-refractivity contribution in [3.63, 3.8) is 0 Å². The third-order valence-electron chi connectivity index (χ3n) is 1.98. The molecule has 3 heteroatoms. The predicted molar refractivity (Wildman–Crippen MR) is 66.0 cm³/mol. The van der Waals surface area contributed by atoms with E-state index in [2.05, 4.69) is 27.8 Å². The normalized spacial score (nSPS) is 9.80. The summed E-state index contributed by atoms with van der Waals surface area (Å²) >= 11 is 3.36. The first-order valence-corrected chi connectivity index (χ1v) is 5.48. The third-order valence-corrected chi connectivity index (χ3v) is 2.48. The van der Waals surface area contributed by atoms with Crippen LogP contribution in [-0.2, 0) is 0 Å². The number of aryl methyl sites for hydroxylation is 1. The number of amides is 1. The second-order valence-corrected chi connectivity index (χ2v) is 4.51. The van der Waals surface area contributed by atoms with Gasteiger partial charge in [0.2, 0.25) is 0 Å². The SMILES string of the molecule is C=C(C)CNC(=O)c1ccc(Br)cc1C. The maximum atomic E-state index is 11.7. The van der Waals surface area contributed by atoms with Gasteiger partial charge in [0, 0.05) is 16.6 Å². The maximum Gasteiger partial charge on any atom is 0.251 e. The highest BCUT2D eigenvalue weighted by Gasteiger charge is 2.07. The molecule has 0 radical (unpaired) electrons. The van der Waals surface area contributed by atoms with Gasteiger partial charge in [-0.1, -0.05) is 28.1 Å². The molecule has 1 N–H and O–H groups in total. The predicted octanol–water partition coefficient (Wildman–Crippen LogP) is 3.06. The fourth-order valence-electron chi connectivity index (χ4n) is 1.21. The monoisotopic (exact) mass is 267 g/mol. The molecule has 0 bridgehead atoms. The van der Waals surface area contributed by atoms with Crippen LogP contribution in [0.1, 0.15) is 22.8 Å². The van der Waals surface area contributed by atoms with E-state index in [9.17, 15) is 4.79 Å². The number of rotatable bonds is 3. The molecule has 80 valence electrons. The Morgan fingerprint density at radius 2 is 2.20 bits per heavy atom. The Hall–Kier alpha value is -1.09. The number of benzene rings is 1. The fourth-order valence-corrected chi connectivity index (χ4v) is 1.68. The van der Waals surface area contributed by atoms with Crippen molar-refractivity contribution in [2.24, 2.45) is 0 Å². The highest BCUT2D eigenvalue weighted by Crippen LogP contribution is 2.15. The topological polar surface area (TPSA) is 29.1 Å². The minimum atomic E-state index is -0.0528. The summed E-state index contributed by atoms with van der Waals surface area (Å²) in [5.41, 5.74) is 2.61. The van der Waals surface area contributed by atoms with Gasteiger partial charge in [-0.15, -0.1) is 0 Å². The Morgan fingerprint density at radius 3 is 2.73 bits per heavy atom. The molecule has 0 aromatic heterocycles. The molecule has 1 amide bonds. The zero-order valence-electron chi connectivity index (χ0n) is 8.93. The van der Waals surface area contributed by atoms with Crippen molar-refractivity contribution < 1.29 is 4.79 Å². The minimum Gasteiger partial charge on any atom is -0.348 e. The summed E-state index contributed by atoms with van der Waals surface area (Å²) in [4.78, 5) is 11.7. The van der Waals surface area contributed by atoms with Crippen molar-refractivity contribution in [1.82, 2.24) is 5.32 Å². The summed E-state index contributed by atoms with van der Waals surface area (Å²) in [5, 5.41) is 2.80. The number of hydrogen-bond donors (Lipinski definition) is 1. The molecule has 0 aliphatic rings. The molecule has 2 nitrogen and oxygen atoms in total.